The maximum atomic E-state index is 6.24. The van der Waals surface area contributed by atoms with Crippen molar-refractivity contribution < 1.29 is 0 Å². The highest BCUT2D eigenvalue weighted by Gasteiger charge is 2.12. The van der Waals surface area contributed by atoms with Gasteiger partial charge in [-0.25, -0.2) is 0 Å². The zero-order valence-electron chi connectivity index (χ0n) is 16.2. The van der Waals surface area contributed by atoms with Crippen molar-refractivity contribution in [2.75, 3.05) is 13.1 Å². The van der Waals surface area contributed by atoms with Crippen molar-refractivity contribution in [1.29, 1.82) is 0 Å². The van der Waals surface area contributed by atoms with Crippen LogP contribution in [-0.2, 0) is 0 Å². The molecule has 0 aromatic carbocycles. The van der Waals surface area contributed by atoms with E-state index < -0.39 is 0 Å². The number of nitrogens with two attached hydrogens (primary N) is 4. The van der Waals surface area contributed by atoms with E-state index >= 15 is 0 Å². The van der Waals surface area contributed by atoms with Crippen LogP contribution >= 0.6 is 0 Å². The largest absolute Gasteiger partial charge is 0.330 e. The van der Waals surface area contributed by atoms with Gasteiger partial charge in [-0.05, 0) is 38.8 Å². The highest BCUT2D eigenvalue weighted by molar-refractivity contribution is 4.75. The monoisotopic (exact) mass is 342 g/mol. The first-order valence-corrected chi connectivity index (χ1v) is 10.6. The second kappa shape index (κ2) is 19.2. The molecule has 146 valence electrons. The average molecular weight is 343 g/mol. The van der Waals surface area contributed by atoms with Gasteiger partial charge in [0.25, 0.3) is 0 Å². The molecule has 0 saturated heterocycles. The fourth-order valence-electron chi connectivity index (χ4n) is 3.24. The van der Waals surface area contributed by atoms with Crippen LogP contribution in [0.3, 0.4) is 0 Å². The summed E-state index contributed by atoms with van der Waals surface area (Å²) in [6, 6.07) is 0.374. The molecule has 0 rings (SSSR count). The third-order valence-electron chi connectivity index (χ3n) is 5.03. The van der Waals surface area contributed by atoms with Crippen LogP contribution in [0.1, 0.15) is 103 Å². The van der Waals surface area contributed by atoms with E-state index in [1.54, 1.807) is 0 Å². The molecular weight excluding hydrogens is 296 g/mol. The molecule has 24 heavy (non-hydrogen) atoms. The van der Waals surface area contributed by atoms with Gasteiger partial charge >= 0.3 is 0 Å². The second-order valence-corrected chi connectivity index (χ2v) is 7.43. The van der Waals surface area contributed by atoms with E-state index in [2.05, 4.69) is 0 Å². The van der Waals surface area contributed by atoms with Crippen LogP contribution in [0.4, 0.5) is 0 Å². The topological polar surface area (TPSA) is 104 Å². The molecule has 0 aromatic heterocycles. The zero-order chi connectivity index (χ0) is 17.9. The molecule has 8 N–H and O–H groups in total. The lowest BCUT2D eigenvalue weighted by atomic mass is 9.96. The predicted molar refractivity (Wildman–Crippen MR) is 108 cm³/mol. The maximum absolute atomic E-state index is 6.24. The fourth-order valence-corrected chi connectivity index (χ4v) is 3.24. The molecule has 0 bridgehead atoms. The summed E-state index contributed by atoms with van der Waals surface area (Å²) < 4.78 is 0. The minimum Gasteiger partial charge on any atom is -0.330 e. The summed E-state index contributed by atoms with van der Waals surface area (Å²) in [4.78, 5) is 0. The average Bonchev–Trinajstić information content (AvgIpc) is 2.59. The molecule has 0 amide bonds. The molecule has 0 saturated carbocycles. The first-order valence-electron chi connectivity index (χ1n) is 10.6. The third kappa shape index (κ3) is 16.7. The Labute approximate surface area is 151 Å². The Morgan fingerprint density at radius 2 is 0.625 bits per heavy atom. The Kier molecular flexibility index (Phi) is 19.0. The van der Waals surface area contributed by atoms with Crippen LogP contribution in [0, 0.1) is 0 Å². The molecule has 0 aliphatic rings. The summed E-state index contributed by atoms with van der Waals surface area (Å²) in [6.45, 7) is 1.67. The first kappa shape index (κ1) is 23.8. The molecule has 0 heterocycles. The van der Waals surface area contributed by atoms with Crippen LogP contribution < -0.4 is 22.9 Å². The van der Waals surface area contributed by atoms with Crippen LogP contribution in [0.5, 0.6) is 0 Å². The lowest BCUT2D eigenvalue weighted by Gasteiger charge is -2.19. The van der Waals surface area contributed by atoms with E-state index in [1.165, 1.54) is 89.9 Å². The summed E-state index contributed by atoms with van der Waals surface area (Å²) in [7, 11) is 0. The van der Waals surface area contributed by atoms with Gasteiger partial charge in [0.05, 0.1) is 0 Å². The predicted octanol–water partition coefficient (Wildman–Crippen LogP) is 3.80. The molecule has 0 aliphatic heterocycles. The first-order chi connectivity index (χ1) is 11.7. The van der Waals surface area contributed by atoms with E-state index in [0.29, 0.717) is 0 Å². The van der Waals surface area contributed by atoms with Crippen molar-refractivity contribution in [1.82, 2.24) is 0 Å². The lowest BCUT2D eigenvalue weighted by molar-refractivity contribution is 0.429. The Balaban J connectivity index is 3.32. The van der Waals surface area contributed by atoms with Gasteiger partial charge in [0, 0.05) is 12.1 Å². The lowest BCUT2D eigenvalue weighted by Crippen LogP contribution is -2.41. The number of unbranched alkanes of at least 4 members (excludes halogenated alkanes) is 12. The second-order valence-electron chi connectivity index (χ2n) is 7.43. The normalized spacial score (nSPS) is 14.0. The van der Waals surface area contributed by atoms with E-state index in [1.807, 2.05) is 0 Å². The molecule has 2 unspecified atom stereocenters. The van der Waals surface area contributed by atoms with E-state index in [4.69, 9.17) is 22.9 Å². The van der Waals surface area contributed by atoms with Gasteiger partial charge in [0.1, 0.15) is 0 Å². The van der Waals surface area contributed by atoms with E-state index in [-0.39, 0.29) is 12.1 Å². The zero-order valence-corrected chi connectivity index (χ0v) is 16.2. The number of rotatable bonds is 19. The minimum atomic E-state index is 0.187. The highest BCUT2D eigenvalue weighted by atomic mass is 14.8. The Morgan fingerprint density at radius 3 is 0.917 bits per heavy atom. The van der Waals surface area contributed by atoms with E-state index in [0.717, 1.165) is 25.9 Å². The quantitative estimate of drug-likeness (QED) is 0.268. The van der Waals surface area contributed by atoms with Crippen LogP contribution in [-0.4, -0.2) is 25.2 Å². The van der Waals surface area contributed by atoms with Crippen molar-refractivity contribution in [3.05, 3.63) is 0 Å². The summed E-state index contributed by atoms with van der Waals surface area (Å²) in [5.74, 6) is 0. The van der Waals surface area contributed by atoms with Crippen molar-refractivity contribution >= 4 is 0 Å². The Hall–Kier alpha value is -0.160. The summed E-state index contributed by atoms with van der Waals surface area (Å²) in [6.07, 6.45) is 20.1. The van der Waals surface area contributed by atoms with Crippen molar-refractivity contribution in [3.8, 4) is 0 Å². The van der Waals surface area contributed by atoms with Gasteiger partial charge < -0.3 is 22.9 Å². The smallest absolute Gasteiger partial charge is 0.0192 e. The maximum Gasteiger partial charge on any atom is 0.0192 e. The van der Waals surface area contributed by atoms with Gasteiger partial charge in [-0.15, -0.1) is 0 Å². The Bertz CT molecular complexity index is 212. The molecule has 0 radical (unpaired) electrons. The van der Waals surface area contributed by atoms with Gasteiger partial charge in [-0.2, -0.15) is 0 Å². The van der Waals surface area contributed by atoms with Gasteiger partial charge in [0.2, 0.25) is 0 Å². The van der Waals surface area contributed by atoms with Gasteiger partial charge in [0.15, 0.2) is 0 Å². The molecule has 0 fully saturated rings. The van der Waals surface area contributed by atoms with Gasteiger partial charge in [-0.3, -0.25) is 0 Å². The van der Waals surface area contributed by atoms with Crippen molar-refractivity contribution in [2.24, 2.45) is 22.9 Å². The van der Waals surface area contributed by atoms with Crippen molar-refractivity contribution in [3.63, 3.8) is 0 Å². The molecule has 2 atom stereocenters. The fraction of sp³-hybridized carbons (Fsp3) is 1.00. The molecule has 0 spiro atoms. The molecule has 0 aliphatic carbocycles. The van der Waals surface area contributed by atoms with Crippen molar-refractivity contribution in [2.45, 2.75) is 115 Å². The van der Waals surface area contributed by atoms with Crippen LogP contribution in [0.2, 0.25) is 0 Å². The summed E-state index contributed by atoms with van der Waals surface area (Å²) in [5.41, 5.74) is 23.5. The molecular formula is C20H46N4. The summed E-state index contributed by atoms with van der Waals surface area (Å²) in [5, 5.41) is 0. The third-order valence-corrected chi connectivity index (χ3v) is 5.03. The molecule has 4 nitrogen and oxygen atoms in total. The molecule has 0 aromatic rings. The Morgan fingerprint density at radius 1 is 0.375 bits per heavy atom. The standard InChI is InChI=1S/C20H46N4/c21-17-13-9-5-1-3-7-11-15-19(23)20(24)16-12-8-4-2-6-10-14-18-22/h19-20H,1-18,21-24H2. The van der Waals surface area contributed by atoms with Crippen LogP contribution in [0.15, 0.2) is 0 Å². The van der Waals surface area contributed by atoms with Crippen LogP contribution in [0.25, 0.3) is 0 Å². The SMILES string of the molecule is NCCCCCCCCCC(N)C(N)CCCCCCCCCN. The molecule has 4 heteroatoms. The summed E-state index contributed by atoms with van der Waals surface area (Å²) >= 11 is 0. The number of hydrogen-bond acceptors (Lipinski definition) is 4. The van der Waals surface area contributed by atoms with Gasteiger partial charge in [-0.1, -0.05) is 77.0 Å². The highest BCUT2D eigenvalue weighted by Crippen LogP contribution is 2.13. The number of hydrogen-bond donors (Lipinski definition) is 4. The van der Waals surface area contributed by atoms with E-state index in [9.17, 15) is 0 Å². The minimum absolute atomic E-state index is 0.187.